The van der Waals surface area contributed by atoms with Gasteiger partial charge in [0.2, 0.25) is 0 Å². The van der Waals surface area contributed by atoms with Crippen molar-refractivity contribution >= 4 is 49.6 Å². The monoisotopic (exact) mass is 855 g/mol. The van der Waals surface area contributed by atoms with E-state index in [0.29, 0.717) is 0 Å². The average molecular weight is 856 g/mol. The number of hydrogen-bond donors (Lipinski definition) is 0. The molecule has 2 nitrogen and oxygen atoms in total. The molecule has 0 unspecified atom stereocenters. The molecule has 0 radical (unpaired) electrons. The first-order chi connectivity index (χ1) is 33.1. The maximum atomic E-state index is 6.32. The Morgan fingerprint density at radius 1 is 0.284 bits per heavy atom. The van der Waals surface area contributed by atoms with E-state index in [0.717, 1.165) is 56.0 Å². The standard InChI is InChI=1S/C65H45NO/c1-44-59-20-9-10-24-64(59)67-65(44)55-19-12-18-53(42-55)48-27-25-46(26-28-48)47-29-35-56(36-30-47)66(57-37-31-49(32-38-57)52-17-11-16-51(41-52)45-13-3-2-4-14-45)58-39-33-50(34-40-58)63-43-54-15-5-6-21-60(54)61-22-7-8-23-62(61)63/h2-43H,1H3. The highest BCUT2D eigenvalue weighted by molar-refractivity contribution is 6.13. The first kappa shape index (κ1) is 39.8. The lowest BCUT2D eigenvalue weighted by Gasteiger charge is -2.26. The third kappa shape index (κ3) is 7.55. The molecule has 2 heteroatoms. The van der Waals surface area contributed by atoms with Gasteiger partial charge in [0.25, 0.3) is 0 Å². The Bertz CT molecular complexity index is 3720. The zero-order valence-corrected chi connectivity index (χ0v) is 37.1. The normalized spacial score (nSPS) is 11.4. The molecule has 316 valence electrons. The highest BCUT2D eigenvalue weighted by atomic mass is 16.3. The summed E-state index contributed by atoms with van der Waals surface area (Å²) in [4.78, 5) is 2.36. The lowest BCUT2D eigenvalue weighted by molar-refractivity contribution is 0.629. The number of anilines is 3. The lowest BCUT2D eigenvalue weighted by atomic mass is 9.93. The molecular formula is C65H45NO. The summed E-state index contributed by atoms with van der Waals surface area (Å²) in [6.45, 7) is 2.14. The first-order valence-corrected chi connectivity index (χ1v) is 23.0. The van der Waals surface area contributed by atoms with Gasteiger partial charge in [-0.3, -0.25) is 0 Å². The summed E-state index contributed by atoms with van der Waals surface area (Å²) < 4.78 is 6.32. The van der Waals surface area contributed by atoms with Crippen LogP contribution in [-0.2, 0) is 0 Å². The van der Waals surface area contributed by atoms with Crippen LogP contribution in [0.5, 0.6) is 0 Å². The van der Waals surface area contributed by atoms with Gasteiger partial charge >= 0.3 is 0 Å². The third-order valence-electron chi connectivity index (χ3n) is 13.3. The predicted molar refractivity (Wildman–Crippen MR) is 283 cm³/mol. The van der Waals surface area contributed by atoms with Gasteiger partial charge < -0.3 is 9.32 Å². The van der Waals surface area contributed by atoms with Gasteiger partial charge in [-0.2, -0.15) is 0 Å². The van der Waals surface area contributed by atoms with Gasteiger partial charge in [0.15, 0.2) is 0 Å². The largest absolute Gasteiger partial charge is 0.456 e. The van der Waals surface area contributed by atoms with Crippen molar-refractivity contribution in [1.82, 2.24) is 0 Å². The van der Waals surface area contributed by atoms with E-state index in [9.17, 15) is 0 Å². The number of nitrogens with zero attached hydrogens (tertiary/aromatic N) is 1. The van der Waals surface area contributed by atoms with E-state index in [2.05, 4.69) is 254 Å². The van der Waals surface area contributed by atoms with E-state index in [-0.39, 0.29) is 0 Å². The molecule has 0 aliphatic carbocycles. The van der Waals surface area contributed by atoms with E-state index in [1.165, 1.54) is 66.1 Å². The summed E-state index contributed by atoms with van der Waals surface area (Å²) in [5, 5.41) is 6.21. The van der Waals surface area contributed by atoms with Crippen LogP contribution in [0, 0.1) is 6.92 Å². The predicted octanol–water partition coefficient (Wildman–Crippen LogP) is 18.5. The number of para-hydroxylation sites is 1. The maximum Gasteiger partial charge on any atom is 0.138 e. The van der Waals surface area contributed by atoms with Crippen LogP contribution in [-0.4, -0.2) is 0 Å². The van der Waals surface area contributed by atoms with Crippen molar-refractivity contribution in [2.45, 2.75) is 6.92 Å². The Labute approximate surface area is 391 Å². The van der Waals surface area contributed by atoms with Gasteiger partial charge in [0.05, 0.1) is 0 Å². The average Bonchev–Trinajstić information content (AvgIpc) is 3.75. The molecule has 0 aliphatic heterocycles. The van der Waals surface area contributed by atoms with Gasteiger partial charge in [-0.15, -0.1) is 0 Å². The summed E-state index contributed by atoms with van der Waals surface area (Å²) in [7, 11) is 0. The summed E-state index contributed by atoms with van der Waals surface area (Å²) in [6, 6.07) is 91.9. The molecule has 1 heterocycles. The Hall–Kier alpha value is -8.72. The minimum absolute atomic E-state index is 0.918. The van der Waals surface area contributed by atoms with Crippen LogP contribution in [0.15, 0.2) is 259 Å². The first-order valence-electron chi connectivity index (χ1n) is 23.0. The molecular weight excluding hydrogens is 811 g/mol. The number of rotatable bonds is 9. The molecule has 11 aromatic carbocycles. The topological polar surface area (TPSA) is 16.4 Å². The highest BCUT2D eigenvalue weighted by Gasteiger charge is 2.17. The molecule has 1 aromatic heterocycles. The molecule has 0 fully saturated rings. The second-order valence-corrected chi connectivity index (χ2v) is 17.3. The van der Waals surface area contributed by atoms with E-state index >= 15 is 0 Å². The number of furan rings is 1. The molecule has 0 atom stereocenters. The Kier molecular flexibility index (Phi) is 10.1. The summed E-state index contributed by atoms with van der Waals surface area (Å²) >= 11 is 0. The van der Waals surface area contributed by atoms with Gasteiger partial charge in [-0.1, -0.05) is 194 Å². The molecule has 0 saturated heterocycles. The number of fused-ring (bicyclic) bond motifs is 4. The second-order valence-electron chi connectivity index (χ2n) is 17.3. The van der Waals surface area contributed by atoms with Gasteiger partial charge in [0, 0.05) is 33.6 Å². The Morgan fingerprint density at radius 2 is 0.687 bits per heavy atom. The second kappa shape index (κ2) is 17.0. The third-order valence-corrected chi connectivity index (χ3v) is 13.3. The number of benzene rings is 11. The number of aryl methyl sites for hydroxylation is 1. The molecule has 12 aromatic rings. The van der Waals surface area contributed by atoms with E-state index < -0.39 is 0 Å². The SMILES string of the molecule is Cc1c(-c2cccc(-c3ccc(-c4ccc(N(c5ccc(-c6cccc(-c7ccccc7)c6)cc5)c5ccc(-c6cc7ccccc7c7ccccc67)cc5)cc4)cc3)c2)oc2ccccc12. The molecule has 0 N–H and O–H groups in total. The Morgan fingerprint density at radius 3 is 1.27 bits per heavy atom. The van der Waals surface area contributed by atoms with E-state index in [4.69, 9.17) is 4.42 Å². The summed E-state index contributed by atoms with van der Waals surface area (Å²) in [5.74, 6) is 0.924. The van der Waals surface area contributed by atoms with Crippen molar-refractivity contribution in [2.24, 2.45) is 0 Å². The highest BCUT2D eigenvalue weighted by Crippen LogP contribution is 2.41. The molecule has 67 heavy (non-hydrogen) atoms. The smallest absolute Gasteiger partial charge is 0.138 e. The Balaban J connectivity index is 0.872. The van der Waals surface area contributed by atoms with Crippen molar-refractivity contribution in [3.63, 3.8) is 0 Å². The molecule has 0 aliphatic rings. The lowest BCUT2D eigenvalue weighted by Crippen LogP contribution is -2.09. The van der Waals surface area contributed by atoms with Crippen LogP contribution in [0.25, 0.3) is 99.5 Å². The van der Waals surface area contributed by atoms with Crippen molar-refractivity contribution in [1.29, 1.82) is 0 Å². The summed E-state index contributed by atoms with van der Waals surface area (Å²) in [5.41, 5.74) is 18.3. The van der Waals surface area contributed by atoms with Crippen LogP contribution in [0.1, 0.15) is 5.56 Å². The molecule has 0 amide bonds. The van der Waals surface area contributed by atoms with Gasteiger partial charge in [-0.25, -0.2) is 0 Å². The minimum Gasteiger partial charge on any atom is -0.456 e. The zero-order valence-electron chi connectivity index (χ0n) is 37.1. The fourth-order valence-electron chi connectivity index (χ4n) is 9.79. The van der Waals surface area contributed by atoms with Gasteiger partial charge in [-0.05, 0) is 145 Å². The molecule has 0 spiro atoms. The van der Waals surface area contributed by atoms with Crippen LogP contribution in [0.4, 0.5) is 17.1 Å². The quantitative estimate of drug-likeness (QED) is 0.135. The summed E-state index contributed by atoms with van der Waals surface area (Å²) in [6.07, 6.45) is 0. The van der Waals surface area contributed by atoms with Crippen LogP contribution in [0.2, 0.25) is 0 Å². The zero-order chi connectivity index (χ0) is 44.7. The fourth-order valence-corrected chi connectivity index (χ4v) is 9.79. The molecule has 0 saturated carbocycles. The van der Waals surface area contributed by atoms with Crippen LogP contribution >= 0.6 is 0 Å². The van der Waals surface area contributed by atoms with Gasteiger partial charge in [0.1, 0.15) is 11.3 Å². The van der Waals surface area contributed by atoms with Crippen LogP contribution < -0.4 is 4.90 Å². The van der Waals surface area contributed by atoms with Crippen LogP contribution in [0.3, 0.4) is 0 Å². The van der Waals surface area contributed by atoms with Crippen molar-refractivity contribution in [3.8, 4) is 67.0 Å². The molecule has 0 bridgehead atoms. The van der Waals surface area contributed by atoms with Crippen molar-refractivity contribution < 1.29 is 4.42 Å². The van der Waals surface area contributed by atoms with Crippen molar-refractivity contribution in [2.75, 3.05) is 4.90 Å². The maximum absolute atomic E-state index is 6.32. The number of hydrogen-bond acceptors (Lipinski definition) is 2. The van der Waals surface area contributed by atoms with E-state index in [1.807, 2.05) is 12.1 Å². The van der Waals surface area contributed by atoms with E-state index in [1.54, 1.807) is 0 Å². The molecule has 12 rings (SSSR count). The fraction of sp³-hybridized carbons (Fsp3) is 0.0154. The minimum atomic E-state index is 0.918. The van der Waals surface area contributed by atoms with Crippen molar-refractivity contribution in [3.05, 3.63) is 260 Å².